The van der Waals surface area contributed by atoms with E-state index in [0.717, 1.165) is 25.6 Å². The summed E-state index contributed by atoms with van der Waals surface area (Å²) in [6.45, 7) is 4.25. The molecule has 3 rings (SSSR count). The van der Waals surface area contributed by atoms with Gasteiger partial charge in [-0.25, -0.2) is 0 Å². The van der Waals surface area contributed by atoms with E-state index in [1.165, 1.54) is 30.6 Å². The Bertz CT molecular complexity index is 397. The Morgan fingerprint density at radius 3 is 3.00 bits per heavy atom. The second-order valence-electron chi connectivity index (χ2n) is 5.47. The Labute approximate surface area is 103 Å². The second kappa shape index (κ2) is 4.42. The van der Waals surface area contributed by atoms with Gasteiger partial charge in [-0.1, -0.05) is 0 Å². The van der Waals surface area contributed by atoms with Crippen LogP contribution in [0.15, 0.2) is 6.20 Å². The van der Waals surface area contributed by atoms with E-state index in [2.05, 4.69) is 10.00 Å². The molecule has 1 atom stereocenters. The van der Waals surface area contributed by atoms with Crippen LogP contribution in [0.4, 0.5) is 0 Å². The van der Waals surface area contributed by atoms with Gasteiger partial charge in [0.1, 0.15) is 0 Å². The fourth-order valence-electron chi connectivity index (χ4n) is 2.98. The minimum absolute atomic E-state index is 0.481. The lowest BCUT2D eigenvalue weighted by atomic mass is 9.97. The lowest BCUT2D eigenvalue weighted by Gasteiger charge is -2.32. The Kier molecular flexibility index (Phi) is 2.92. The maximum Gasteiger partial charge on any atom is 0.0558 e. The van der Waals surface area contributed by atoms with E-state index in [1.54, 1.807) is 7.11 Å². The van der Waals surface area contributed by atoms with Crippen LogP contribution in [0.5, 0.6) is 0 Å². The van der Waals surface area contributed by atoms with E-state index in [4.69, 9.17) is 4.74 Å². The fraction of sp³-hybridized carbons (Fsp3) is 0.769. The van der Waals surface area contributed by atoms with Crippen LogP contribution in [0.2, 0.25) is 0 Å². The molecular formula is C13H21N3O. The average molecular weight is 235 g/mol. The molecule has 2 heterocycles. The topological polar surface area (TPSA) is 30.3 Å². The molecule has 2 aliphatic rings. The van der Waals surface area contributed by atoms with Crippen LogP contribution in [0, 0.1) is 5.92 Å². The highest BCUT2D eigenvalue weighted by Crippen LogP contribution is 2.34. The van der Waals surface area contributed by atoms with Crippen molar-refractivity contribution in [3.05, 3.63) is 17.5 Å². The van der Waals surface area contributed by atoms with Gasteiger partial charge in [0.05, 0.1) is 12.8 Å². The van der Waals surface area contributed by atoms with Crippen LogP contribution in [0.25, 0.3) is 0 Å². The SMILES string of the molecule is COC[C@H]1CN(CC2CC2)Cc2cnn(C)c21. The van der Waals surface area contributed by atoms with E-state index >= 15 is 0 Å². The predicted molar refractivity (Wildman–Crippen MR) is 65.8 cm³/mol. The molecule has 0 aromatic carbocycles. The van der Waals surface area contributed by atoms with Crippen LogP contribution >= 0.6 is 0 Å². The number of hydrogen-bond donors (Lipinski definition) is 0. The zero-order valence-corrected chi connectivity index (χ0v) is 10.7. The summed E-state index contributed by atoms with van der Waals surface area (Å²) in [6, 6.07) is 0. The minimum Gasteiger partial charge on any atom is -0.384 e. The smallest absolute Gasteiger partial charge is 0.0558 e. The normalized spacial score (nSPS) is 24.9. The van der Waals surface area contributed by atoms with Gasteiger partial charge in [0, 0.05) is 51.0 Å². The van der Waals surface area contributed by atoms with Gasteiger partial charge < -0.3 is 4.74 Å². The van der Waals surface area contributed by atoms with Crippen molar-refractivity contribution in [3.63, 3.8) is 0 Å². The monoisotopic (exact) mass is 235 g/mol. The summed E-state index contributed by atoms with van der Waals surface area (Å²) >= 11 is 0. The number of methoxy groups -OCH3 is 1. The number of rotatable bonds is 4. The third-order valence-electron chi connectivity index (χ3n) is 3.90. The molecule has 0 saturated heterocycles. The molecule has 4 nitrogen and oxygen atoms in total. The van der Waals surface area contributed by atoms with Crippen molar-refractivity contribution in [2.24, 2.45) is 13.0 Å². The molecule has 1 aliphatic carbocycles. The summed E-state index contributed by atoms with van der Waals surface area (Å²) < 4.78 is 7.39. The van der Waals surface area contributed by atoms with E-state index in [9.17, 15) is 0 Å². The van der Waals surface area contributed by atoms with Gasteiger partial charge in [-0.3, -0.25) is 9.58 Å². The minimum atomic E-state index is 0.481. The van der Waals surface area contributed by atoms with Crippen LogP contribution in [0.1, 0.15) is 30.0 Å². The fourth-order valence-corrected chi connectivity index (χ4v) is 2.98. The number of nitrogens with zero attached hydrogens (tertiary/aromatic N) is 3. The molecule has 94 valence electrons. The van der Waals surface area contributed by atoms with Crippen molar-refractivity contribution < 1.29 is 4.74 Å². The lowest BCUT2D eigenvalue weighted by molar-refractivity contribution is 0.133. The van der Waals surface area contributed by atoms with E-state index in [1.807, 2.05) is 17.9 Å². The molecule has 4 heteroatoms. The molecule has 0 amide bonds. The largest absolute Gasteiger partial charge is 0.384 e. The van der Waals surface area contributed by atoms with Crippen LogP contribution < -0.4 is 0 Å². The first kappa shape index (κ1) is 11.2. The molecule has 1 saturated carbocycles. The van der Waals surface area contributed by atoms with Gasteiger partial charge in [-0.15, -0.1) is 0 Å². The first-order valence-corrected chi connectivity index (χ1v) is 6.50. The molecule has 1 aliphatic heterocycles. The third-order valence-corrected chi connectivity index (χ3v) is 3.90. The summed E-state index contributed by atoms with van der Waals surface area (Å²) in [4.78, 5) is 2.57. The van der Waals surface area contributed by atoms with Crippen molar-refractivity contribution in [3.8, 4) is 0 Å². The van der Waals surface area contributed by atoms with Crippen molar-refractivity contribution in [1.82, 2.24) is 14.7 Å². The average Bonchev–Trinajstić information content (AvgIpc) is 3.03. The summed E-state index contributed by atoms with van der Waals surface area (Å²) in [7, 11) is 3.83. The Balaban J connectivity index is 1.79. The Hall–Kier alpha value is -0.870. The zero-order valence-electron chi connectivity index (χ0n) is 10.7. The van der Waals surface area contributed by atoms with Crippen molar-refractivity contribution in [2.75, 3.05) is 26.8 Å². The van der Waals surface area contributed by atoms with Crippen LogP contribution in [-0.4, -0.2) is 41.5 Å². The van der Waals surface area contributed by atoms with E-state index < -0.39 is 0 Å². The molecule has 1 aromatic heterocycles. The van der Waals surface area contributed by atoms with Gasteiger partial charge in [0.2, 0.25) is 0 Å². The van der Waals surface area contributed by atoms with Gasteiger partial charge in [0.25, 0.3) is 0 Å². The first-order chi connectivity index (χ1) is 8.28. The zero-order chi connectivity index (χ0) is 11.8. The molecule has 0 spiro atoms. The van der Waals surface area contributed by atoms with E-state index in [-0.39, 0.29) is 0 Å². The van der Waals surface area contributed by atoms with Crippen molar-refractivity contribution in [2.45, 2.75) is 25.3 Å². The van der Waals surface area contributed by atoms with Gasteiger partial charge >= 0.3 is 0 Å². The summed E-state index contributed by atoms with van der Waals surface area (Å²) in [6.07, 6.45) is 4.87. The molecule has 0 N–H and O–H groups in total. The Morgan fingerprint density at radius 2 is 2.29 bits per heavy atom. The van der Waals surface area contributed by atoms with Crippen LogP contribution in [-0.2, 0) is 18.3 Å². The van der Waals surface area contributed by atoms with Gasteiger partial charge in [-0.05, 0) is 18.8 Å². The highest BCUT2D eigenvalue weighted by Gasteiger charge is 2.32. The van der Waals surface area contributed by atoms with E-state index in [0.29, 0.717) is 5.92 Å². The molecule has 0 unspecified atom stereocenters. The molecular weight excluding hydrogens is 214 g/mol. The quantitative estimate of drug-likeness (QED) is 0.789. The number of aromatic nitrogens is 2. The summed E-state index contributed by atoms with van der Waals surface area (Å²) in [5, 5.41) is 4.39. The van der Waals surface area contributed by atoms with Crippen molar-refractivity contribution in [1.29, 1.82) is 0 Å². The molecule has 0 radical (unpaired) electrons. The maximum absolute atomic E-state index is 5.36. The van der Waals surface area contributed by atoms with Crippen molar-refractivity contribution >= 4 is 0 Å². The number of fused-ring (bicyclic) bond motifs is 1. The highest BCUT2D eigenvalue weighted by molar-refractivity contribution is 5.25. The molecule has 0 bridgehead atoms. The number of ether oxygens (including phenoxy) is 1. The maximum atomic E-state index is 5.36. The second-order valence-corrected chi connectivity index (χ2v) is 5.47. The third kappa shape index (κ3) is 2.24. The van der Waals surface area contributed by atoms with Gasteiger partial charge in [-0.2, -0.15) is 5.10 Å². The molecule has 1 aromatic rings. The first-order valence-electron chi connectivity index (χ1n) is 6.50. The standard InChI is InChI=1S/C13H21N3O/c1-15-13-11(5-14-15)7-16(6-10-3-4-10)8-12(13)9-17-2/h5,10,12H,3-4,6-9H2,1-2H3/t12-/m1/s1. The predicted octanol–water partition coefficient (Wildman–Crippen LogP) is 1.38. The Morgan fingerprint density at radius 1 is 1.47 bits per heavy atom. The van der Waals surface area contributed by atoms with Gasteiger partial charge in [0.15, 0.2) is 0 Å². The van der Waals surface area contributed by atoms with Crippen LogP contribution in [0.3, 0.4) is 0 Å². The number of aryl methyl sites for hydroxylation is 1. The summed E-state index contributed by atoms with van der Waals surface area (Å²) in [5.41, 5.74) is 2.76. The highest BCUT2D eigenvalue weighted by atomic mass is 16.5. The number of hydrogen-bond acceptors (Lipinski definition) is 3. The molecule has 17 heavy (non-hydrogen) atoms. The molecule has 1 fully saturated rings. The summed E-state index contributed by atoms with van der Waals surface area (Å²) in [5.74, 6) is 1.44. The lowest BCUT2D eigenvalue weighted by Crippen LogP contribution is -2.37.